The molecule has 0 aliphatic heterocycles. The van der Waals surface area contributed by atoms with Crippen LogP contribution in [0, 0.1) is 6.92 Å². The summed E-state index contributed by atoms with van der Waals surface area (Å²) in [4.78, 5) is 5.64. The Balaban J connectivity index is 2.80. The molecule has 12 heavy (non-hydrogen) atoms. The average Bonchev–Trinajstić information content (AvgIpc) is 2.50. The standard InChI is InChI=1S/C10H11NS/c1-3-8-6-7(2)11-10-9(8)4-5-12-10/h4-6H,3H2,1-2H3. The molecule has 0 bridgehead atoms. The molecule has 2 heterocycles. The van der Waals surface area contributed by atoms with Crippen molar-refractivity contribution in [3.8, 4) is 0 Å². The third kappa shape index (κ3) is 1.12. The van der Waals surface area contributed by atoms with E-state index in [1.807, 2.05) is 0 Å². The molecule has 0 amide bonds. The summed E-state index contributed by atoms with van der Waals surface area (Å²) in [6.45, 7) is 4.24. The molecule has 2 aromatic rings. The second-order valence-electron chi connectivity index (χ2n) is 2.92. The summed E-state index contributed by atoms with van der Waals surface area (Å²) in [5, 5.41) is 3.43. The number of aryl methyl sites for hydroxylation is 2. The van der Waals surface area contributed by atoms with E-state index in [0.717, 1.165) is 12.1 Å². The molecule has 2 rings (SSSR count). The maximum atomic E-state index is 4.46. The van der Waals surface area contributed by atoms with Crippen LogP contribution in [-0.4, -0.2) is 4.98 Å². The van der Waals surface area contributed by atoms with Crippen molar-refractivity contribution in [2.24, 2.45) is 0 Å². The minimum Gasteiger partial charge on any atom is -0.242 e. The van der Waals surface area contributed by atoms with Gasteiger partial charge in [-0.1, -0.05) is 6.92 Å². The Morgan fingerprint density at radius 1 is 1.50 bits per heavy atom. The van der Waals surface area contributed by atoms with Gasteiger partial charge in [0.1, 0.15) is 4.83 Å². The third-order valence-electron chi connectivity index (χ3n) is 2.03. The van der Waals surface area contributed by atoms with Gasteiger partial charge in [0.2, 0.25) is 0 Å². The molecule has 2 aromatic heterocycles. The lowest BCUT2D eigenvalue weighted by molar-refractivity contribution is 1.13. The molecule has 2 heteroatoms. The summed E-state index contributed by atoms with van der Waals surface area (Å²) >= 11 is 1.72. The Morgan fingerprint density at radius 3 is 3.08 bits per heavy atom. The summed E-state index contributed by atoms with van der Waals surface area (Å²) in [5.74, 6) is 0. The van der Waals surface area contributed by atoms with E-state index >= 15 is 0 Å². The number of hydrogen-bond donors (Lipinski definition) is 0. The van der Waals surface area contributed by atoms with Crippen LogP contribution in [0.1, 0.15) is 18.2 Å². The molecule has 0 radical (unpaired) electrons. The molecule has 0 fully saturated rings. The van der Waals surface area contributed by atoms with Crippen molar-refractivity contribution in [3.05, 3.63) is 28.8 Å². The van der Waals surface area contributed by atoms with E-state index in [9.17, 15) is 0 Å². The van der Waals surface area contributed by atoms with Crippen LogP contribution >= 0.6 is 11.3 Å². The molecule has 0 unspecified atom stereocenters. The number of nitrogens with zero attached hydrogens (tertiary/aromatic N) is 1. The third-order valence-corrected chi connectivity index (χ3v) is 2.84. The number of fused-ring (bicyclic) bond motifs is 1. The van der Waals surface area contributed by atoms with Crippen LogP contribution in [0.4, 0.5) is 0 Å². The van der Waals surface area contributed by atoms with Crippen LogP contribution in [0.15, 0.2) is 17.5 Å². The van der Waals surface area contributed by atoms with E-state index in [4.69, 9.17) is 0 Å². The van der Waals surface area contributed by atoms with Gasteiger partial charge in [0.05, 0.1) is 0 Å². The van der Waals surface area contributed by atoms with E-state index in [-0.39, 0.29) is 0 Å². The van der Waals surface area contributed by atoms with Crippen LogP contribution in [0.25, 0.3) is 10.2 Å². The fourth-order valence-electron chi connectivity index (χ4n) is 1.45. The zero-order valence-electron chi connectivity index (χ0n) is 7.29. The molecule has 0 saturated carbocycles. The van der Waals surface area contributed by atoms with Gasteiger partial charge >= 0.3 is 0 Å². The van der Waals surface area contributed by atoms with Gasteiger partial charge in [-0.3, -0.25) is 0 Å². The van der Waals surface area contributed by atoms with Gasteiger partial charge in [0.15, 0.2) is 0 Å². The van der Waals surface area contributed by atoms with Crippen molar-refractivity contribution in [3.63, 3.8) is 0 Å². The topological polar surface area (TPSA) is 12.9 Å². The number of pyridine rings is 1. The van der Waals surface area contributed by atoms with Crippen molar-refractivity contribution >= 4 is 21.6 Å². The Kier molecular flexibility index (Phi) is 1.85. The zero-order chi connectivity index (χ0) is 8.55. The number of hydrogen-bond acceptors (Lipinski definition) is 2. The highest BCUT2D eigenvalue weighted by atomic mass is 32.1. The van der Waals surface area contributed by atoms with Crippen LogP contribution in [0.3, 0.4) is 0 Å². The first-order valence-corrected chi connectivity index (χ1v) is 5.03. The fraction of sp³-hybridized carbons (Fsp3) is 0.300. The lowest BCUT2D eigenvalue weighted by atomic mass is 10.1. The van der Waals surface area contributed by atoms with Crippen LogP contribution < -0.4 is 0 Å². The SMILES string of the molecule is CCc1cc(C)nc2sccc12. The van der Waals surface area contributed by atoms with Crippen LogP contribution in [0.5, 0.6) is 0 Å². The molecule has 0 saturated heterocycles. The van der Waals surface area contributed by atoms with E-state index in [1.54, 1.807) is 11.3 Å². The smallest absolute Gasteiger partial charge is 0.123 e. The normalized spacial score (nSPS) is 10.8. The second-order valence-corrected chi connectivity index (χ2v) is 3.81. The predicted octanol–water partition coefficient (Wildman–Crippen LogP) is 3.17. The fourth-order valence-corrected chi connectivity index (χ4v) is 2.30. The zero-order valence-corrected chi connectivity index (χ0v) is 8.11. The minimum absolute atomic E-state index is 1.09. The van der Waals surface area contributed by atoms with Crippen molar-refractivity contribution in [2.45, 2.75) is 20.3 Å². The monoisotopic (exact) mass is 177 g/mol. The number of aromatic nitrogens is 1. The highest BCUT2D eigenvalue weighted by Crippen LogP contribution is 2.23. The highest BCUT2D eigenvalue weighted by Gasteiger charge is 2.02. The van der Waals surface area contributed by atoms with E-state index in [0.29, 0.717) is 0 Å². The van der Waals surface area contributed by atoms with Gasteiger partial charge < -0.3 is 0 Å². The first-order valence-electron chi connectivity index (χ1n) is 4.15. The van der Waals surface area contributed by atoms with Gasteiger partial charge in [-0.05, 0) is 36.4 Å². The van der Waals surface area contributed by atoms with Crippen molar-refractivity contribution in [2.75, 3.05) is 0 Å². The van der Waals surface area contributed by atoms with Gasteiger partial charge in [-0.2, -0.15) is 0 Å². The molecule has 0 spiro atoms. The van der Waals surface area contributed by atoms with Gasteiger partial charge in [-0.15, -0.1) is 11.3 Å². The summed E-state index contributed by atoms with van der Waals surface area (Å²) in [5.41, 5.74) is 2.54. The largest absolute Gasteiger partial charge is 0.242 e. The second kappa shape index (κ2) is 2.87. The summed E-state index contributed by atoms with van der Waals surface area (Å²) in [6, 6.07) is 4.33. The van der Waals surface area contributed by atoms with E-state index in [1.165, 1.54) is 15.8 Å². The maximum Gasteiger partial charge on any atom is 0.123 e. The molecule has 0 aromatic carbocycles. The van der Waals surface area contributed by atoms with Crippen molar-refractivity contribution in [1.82, 2.24) is 4.98 Å². The quantitative estimate of drug-likeness (QED) is 0.652. The predicted molar refractivity (Wildman–Crippen MR) is 53.7 cm³/mol. The van der Waals surface area contributed by atoms with Gasteiger partial charge in [0, 0.05) is 11.1 Å². The summed E-state index contributed by atoms with van der Waals surface area (Å²) in [7, 11) is 0. The molecular weight excluding hydrogens is 166 g/mol. The molecule has 0 atom stereocenters. The van der Waals surface area contributed by atoms with Crippen molar-refractivity contribution < 1.29 is 0 Å². The Bertz CT molecular complexity index is 403. The summed E-state index contributed by atoms with van der Waals surface area (Å²) < 4.78 is 0. The first kappa shape index (κ1) is 7.74. The van der Waals surface area contributed by atoms with Gasteiger partial charge in [0.25, 0.3) is 0 Å². The lowest BCUT2D eigenvalue weighted by Crippen LogP contribution is -1.86. The number of rotatable bonds is 1. The molecule has 0 aliphatic rings. The van der Waals surface area contributed by atoms with Crippen LogP contribution in [-0.2, 0) is 6.42 Å². The van der Waals surface area contributed by atoms with E-state index < -0.39 is 0 Å². The Labute approximate surface area is 76.1 Å². The Hall–Kier alpha value is -0.890. The van der Waals surface area contributed by atoms with Crippen molar-refractivity contribution in [1.29, 1.82) is 0 Å². The molecule has 0 N–H and O–H groups in total. The molecule has 62 valence electrons. The van der Waals surface area contributed by atoms with Gasteiger partial charge in [-0.25, -0.2) is 4.98 Å². The molecule has 1 nitrogen and oxygen atoms in total. The Morgan fingerprint density at radius 2 is 2.33 bits per heavy atom. The lowest BCUT2D eigenvalue weighted by Gasteiger charge is -2.00. The molecule has 0 aliphatic carbocycles. The van der Waals surface area contributed by atoms with E-state index in [2.05, 4.69) is 36.3 Å². The summed E-state index contributed by atoms with van der Waals surface area (Å²) in [6.07, 6.45) is 1.09. The number of thiophene rings is 1. The van der Waals surface area contributed by atoms with Crippen LogP contribution in [0.2, 0.25) is 0 Å². The minimum atomic E-state index is 1.09. The average molecular weight is 177 g/mol. The first-order chi connectivity index (χ1) is 5.81. The highest BCUT2D eigenvalue weighted by molar-refractivity contribution is 7.16. The maximum absolute atomic E-state index is 4.46. The molecular formula is C10H11NS.